The fraction of sp³-hybridized carbons (Fsp3) is 0.118. The highest BCUT2D eigenvalue weighted by atomic mass is 32.2. The minimum atomic E-state index is -4.17. The number of aromatic nitrogens is 2. The third-order valence-electron chi connectivity index (χ3n) is 3.75. The number of carbonyl (C=O) groups is 2. The summed E-state index contributed by atoms with van der Waals surface area (Å²) in [6, 6.07) is 12.8. The number of hydrogen-bond acceptors (Lipinski definition) is 6. The van der Waals surface area contributed by atoms with Gasteiger partial charge >= 0.3 is 5.97 Å². The van der Waals surface area contributed by atoms with Crippen LogP contribution >= 0.6 is 0 Å². The van der Waals surface area contributed by atoms with Crippen LogP contribution in [0.5, 0.6) is 0 Å². The lowest BCUT2D eigenvalue weighted by atomic mass is 10.2. The molecule has 0 spiro atoms. The van der Waals surface area contributed by atoms with Crippen molar-refractivity contribution in [1.82, 2.24) is 19.8 Å². The molecule has 9 nitrogen and oxygen atoms in total. The van der Waals surface area contributed by atoms with Crippen molar-refractivity contribution in [2.24, 2.45) is 0 Å². The Morgan fingerprint density at radius 3 is 2.59 bits per heavy atom. The van der Waals surface area contributed by atoms with Gasteiger partial charge in [-0.3, -0.25) is 10.2 Å². The van der Waals surface area contributed by atoms with Gasteiger partial charge in [0, 0.05) is 0 Å². The molecule has 27 heavy (non-hydrogen) atoms. The summed E-state index contributed by atoms with van der Waals surface area (Å²) in [4.78, 5) is 29.7. The van der Waals surface area contributed by atoms with E-state index in [1.807, 2.05) is 17.0 Å². The highest BCUT2D eigenvalue weighted by molar-refractivity contribution is 7.89. The van der Waals surface area contributed by atoms with Crippen LogP contribution in [-0.2, 0) is 26.1 Å². The number of methoxy groups -OCH3 is 1. The van der Waals surface area contributed by atoms with Gasteiger partial charge in [-0.05, 0) is 24.3 Å². The van der Waals surface area contributed by atoms with Crippen molar-refractivity contribution in [2.45, 2.75) is 11.4 Å². The number of imidazole rings is 1. The summed E-state index contributed by atoms with van der Waals surface area (Å²) in [6.07, 6.45) is 1.49. The standard InChI is InChI=1S/C17H16N4O5S/c1-26-17(23)12-6-2-5-9-15(12)27(24,25)20-19-16(22)10-21-11-18-13-7-3-4-8-14(13)21/h2-9,11,20H,10H2,1H3,(H,19,22). The van der Waals surface area contributed by atoms with E-state index in [0.29, 0.717) is 0 Å². The Kier molecular flexibility index (Phi) is 5.19. The van der Waals surface area contributed by atoms with Crippen molar-refractivity contribution in [3.8, 4) is 0 Å². The number of carbonyl (C=O) groups excluding carboxylic acids is 2. The third kappa shape index (κ3) is 3.96. The van der Waals surface area contributed by atoms with Crippen molar-refractivity contribution in [2.75, 3.05) is 7.11 Å². The molecule has 1 amide bonds. The Labute approximate surface area is 155 Å². The topological polar surface area (TPSA) is 119 Å². The van der Waals surface area contributed by atoms with Gasteiger partial charge in [-0.25, -0.2) is 18.2 Å². The number of para-hydroxylation sites is 2. The fourth-order valence-electron chi connectivity index (χ4n) is 2.49. The van der Waals surface area contributed by atoms with Gasteiger partial charge in [0.1, 0.15) is 6.54 Å². The van der Waals surface area contributed by atoms with Crippen LogP contribution in [0.25, 0.3) is 11.0 Å². The zero-order valence-corrected chi connectivity index (χ0v) is 15.1. The Balaban J connectivity index is 1.72. The van der Waals surface area contributed by atoms with Crippen molar-refractivity contribution in [3.05, 3.63) is 60.4 Å². The molecule has 140 valence electrons. The minimum Gasteiger partial charge on any atom is -0.465 e. The van der Waals surface area contributed by atoms with Gasteiger partial charge in [0.25, 0.3) is 15.9 Å². The average Bonchev–Trinajstić information content (AvgIpc) is 3.09. The highest BCUT2D eigenvalue weighted by Crippen LogP contribution is 2.16. The molecule has 0 atom stereocenters. The molecule has 3 aromatic rings. The van der Waals surface area contributed by atoms with Crippen LogP contribution < -0.4 is 10.3 Å². The van der Waals surface area contributed by atoms with Crippen molar-refractivity contribution in [3.63, 3.8) is 0 Å². The molecular weight excluding hydrogens is 372 g/mol. The molecule has 2 aromatic carbocycles. The summed E-state index contributed by atoms with van der Waals surface area (Å²) in [6.45, 7) is -0.137. The molecule has 0 aliphatic heterocycles. The maximum Gasteiger partial charge on any atom is 0.339 e. The van der Waals surface area contributed by atoms with E-state index < -0.39 is 21.9 Å². The van der Waals surface area contributed by atoms with Gasteiger partial charge in [0.15, 0.2) is 0 Å². The summed E-state index contributed by atoms with van der Waals surface area (Å²) < 4.78 is 31.0. The molecule has 0 aliphatic rings. The number of fused-ring (bicyclic) bond motifs is 1. The van der Waals surface area contributed by atoms with Crippen molar-refractivity contribution < 1.29 is 22.7 Å². The Morgan fingerprint density at radius 2 is 1.81 bits per heavy atom. The lowest BCUT2D eigenvalue weighted by Crippen LogP contribution is -2.43. The first kappa shape index (κ1) is 18.5. The van der Waals surface area contributed by atoms with Gasteiger partial charge in [0.2, 0.25) is 0 Å². The number of ether oxygens (including phenoxy) is 1. The zero-order valence-electron chi connectivity index (χ0n) is 14.2. The number of nitrogens with one attached hydrogen (secondary N) is 2. The average molecular weight is 388 g/mol. The number of hydrazine groups is 1. The van der Waals surface area contributed by atoms with Crippen LogP contribution in [0.15, 0.2) is 59.8 Å². The Hall–Kier alpha value is -3.24. The molecule has 0 fully saturated rings. The van der Waals surface area contributed by atoms with Gasteiger partial charge in [0.05, 0.1) is 34.9 Å². The molecule has 0 unspecified atom stereocenters. The van der Waals surface area contributed by atoms with Gasteiger partial charge in [-0.15, -0.1) is 4.83 Å². The molecule has 3 rings (SSSR count). The van der Waals surface area contributed by atoms with Crippen molar-refractivity contribution in [1.29, 1.82) is 0 Å². The molecule has 0 saturated carbocycles. The highest BCUT2D eigenvalue weighted by Gasteiger charge is 2.23. The molecule has 10 heteroatoms. The quantitative estimate of drug-likeness (QED) is 0.477. The number of hydrogen-bond donors (Lipinski definition) is 2. The molecule has 0 aliphatic carbocycles. The number of sulfonamides is 1. The normalized spacial score (nSPS) is 11.3. The minimum absolute atomic E-state index is 0.137. The van der Waals surface area contributed by atoms with Crippen LogP contribution in [0.4, 0.5) is 0 Å². The van der Waals surface area contributed by atoms with E-state index >= 15 is 0 Å². The number of nitrogens with zero attached hydrogens (tertiary/aromatic N) is 2. The molecule has 1 aromatic heterocycles. The second kappa shape index (κ2) is 7.56. The van der Waals surface area contributed by atoms with E-state index in [1.54, 1.807) is 16.7 Å². The second-order valence-electron chi connectivity index (χ2n) is 5.50. The first-order chi connectivity index (χ1) is 12.9. The fourth-order valence-corrected chi connectivity index (χ4v) is 3.55. The molecule has 0 radical (unpaired) electrons. The lowest BCUT2D eigenvalue weighted by Gasteiger charge is -2.11. The SMILES string of the molecule is COC(=O)c1ccccc1S(=O)(=O)NNC(=O)Cn1cnc2ccccc21. The van der Waals surface area contributed by atoms with E-state index in [0.717, 1.165) is 18.1 Å². The van der Waals surface area contributed by atoms with E-state index in [4.69, 9.17) is 0 Å². The van der Waals surface area contributed by atoms with E-state index in [9.17, 15) is 18.0 Å². The van der Waals surface area contributed by atoms with Crippen LogP contribution in [-0.4, -0.2) is 37.0 Å². The summed E-state index contributed by atoms with van der Waals surface area (Å²) in [5, 5.41) is 0. The van der Waals surface area contributed by atoms with Crippen LogP contribution in [0.1, 0.15) is 10.4 Å². The smallest absolute Gasteiger partial charge is 0.339 e. The molecule has 2 N–H and O–H groups in total. The molecule has 0 saturated heterocycles. The first-order valence-corrected chi connectivity index (χ1v) is 9.28. The summed E-state index contributed by atoms with van der Waals surface area (Å²) in [5.41, 5.74) is 3.46. The first-order valence-electron chi connectivity index (χ1n) is 7.80. The van der Waals surface area contributed by atoms with Crippen LogP contribution in [0.3, 0.4) is 0 Å². The predicted molar refractivity (Wildman–Crippen MR) is 96.0 cm³/mol. The summed E-state index contributed by atoms with van der Waals surface area (Å²) >= 11 is 0. The monoisotopic (exact) mass is 388 g/mol. The maximum absolute atomic E-state index is 12.4. The van der Waals surface area contributed by atoms with Gasteiger partial charge in [-0.2, -0.15) is 0 Å². The van der Waals surface area contributed by atoms with E-state index in [1.165, 1.54) is 30.6 Å². The van der Waals surface area contributed by atoms with E-state index in [2.05, 4.69) is 15.1 Å². The number of amides is 1. The van der Waals surface area contributed by atoms with E-state index in [-0.39, 0.29) is 17.0 Å². The summed E-state index contributed by atoms with van der Waals surface area (Å²) in [7, 11) is -3.02. The Bertz CT molecular complexity index is 1110. The van der Waals surface area contributed by atoms with Gasteiger partial charge in [-0.1, -0.05) is 24.3 Å². The molecular formula is C17H16N4O5S. The number of esters is 1. The lowest BCUT2D eigenvalue weighted by molar-refractivity contribution is -0.122. The maximum atomic E-state index is 12.4. The van der Waals surface area contributed by atoms with Crippen molar-refractivity contribution >= 4 is 32.9 Å². The largest absolute Gasteiger partial charge is 0.465 e. The third-order valence-corrected chi connectivity index (χ3v) is 5.05. The number of rotatable bonds is 6. The Morgan fingerprint density at radius 1 is 1.11 bits per heavy atom. The molecule has 1 heterocycles. The number of benzene rings is 2. The van der Waals surface area contributed by atoms with Crippen LogP contribution in [0, 0.1) is 0 Å². The second-order valence-corrected chi connectivity index (χ2v) is 7.15. The zero-order chi connectivity index (χ0) is 19.4. The van der Waals surface area contributed by atoms with Crippen LogP contribution in [0.2, 0.25) is 0 Å². The predicted octanol–water partition coefficient (Wildman–Crippen LogP) is 0.833. The molecule has 0 bridgehead atoms. The summed E-state index contributed by atoms with van der Waals surface area (Å²) in [5.74, 6) is -1.40. The van der Waals surface area contributed by atoms with Gasteiger partial charge < -0.3 is 9.30 Å².